The molecule has 0 spiro atoms. The summed E-state index contributed by atoms with van der Waals surface area (Å²) in [6, 6.07) is 5.57. The van der Waals surface area contributed by atoms with Crippen LogP contribution in [0.4, 0.5) is 4.79 Å². The predicted molar refractivity (Wildman–Crippen MR) is 70.7 cm³/mol. The van der Waals surface area contributed by atoms with Crippen molar-refractivity contribution in [2.24, 2.45) is 0 Å². The van der Waals surface area contributed by atoms with Gasteiger partial charge in [0.15, 0.2) is 12.4 Å². The van der Waals surface area contributed by atoms with Gasteiger partial charge in [-0.15, -0.1) is 0 Å². The van der Waals surface area contributed by atoms with Crippen molar-refractivity contribution >= 4 is 6.09 Å². The number of amides is 1. The smallest absolute Gasteiger partial charge is 0.446 e. The van der Waals surface area contributed by atoms with Gasteiger partial charge in [0.25, 0.3) is 0 Å². The minimum atomic E-state index is -0.403. The van der Waals surface area contributed by atoms with Gasteiger partial charge in [-0.1, -0.05) is 55.2 Å². The summed E-state index contributed by atoms with van der Waals surface area (Å²) < 4.78 is 6.65. The number of aromatic nitrogens is 1. The molecule has 0 radical (unpaired) electrons. The Bertz CT molecular complexity index is 328. The average Bonchev–Trinajstić information content (AvgIpc) is 2.39. The normalized spacial score (nSPS) is 10.1. The lowest BCUT2D eigenvalue weighted by Crippen LogP contribution is -2.47. The van der Waals surface area contributed by atoms with Gasteiger partial charge in [-0.05, 0) is 6.42 Å². The van der Waals surface area contributed by atoms with E-state index in [0.29, 0.717) is 6.61 Å². The zero-order chi connectivity index (χ0) is 13.1. The molecule has 18 heavy (non-hydrogen) atoms. The van der Waals surface area contributed by atoms with Crippen molar-refractivity contribution in [1.82, 2.24) is 0 Å². The van der Waals surface area contributed by atoms with E-state index in [2.05, 4.69) is 12.3 Å². The second kappa shape index (κ2) is 9.45. The van der Waals surface area contributed by atoms with Crippen LogP contribution in [0.25, 0.3) is 0 Å². The van der Waals surface area contributed by atoms with Gasteiger partial charge in [0.05, 0.1) is 6.61 Å². The van der Waals surface area contributed by atoms with Gasteiger partial charge < -0.3 is 4.74 Å². The Morgan fingerprint density at radius 2 is 1.72 bits per heavy atom. The maximum absolute atomic E-state index is 11.4. The van der Waals surface area contributed by atoms with Gasteiger partial charge in [0, 0.05) is 12.1 Å². The molecular weight excluding hydrogens is 228 g/mol. The van der Waals surface area contributed by atoms with E-state index in [1.807, 2.05) is 18.2 Å². The summed E-state index contributed by atoms with van der Waals surface area (Å²) in [7, 11) is 0. The van der Waals surface area contributed by atoms with Crippen LogP contribution in [0.15, 0.2) is 30.6 Å². The van der Waals surface area contributed by atoms with Crippen molar-refractivity contribution in [2.75, 3.05) is 12.0 Å². The number of hydrogen-bond acceptors (Lipinski definition) is 2. The first-order valence-electron chi connectivity index (χ1n) is 6.73. The molecule has 4 nitrogen and oxygen atoms in total. The molecule has 0 fully saturated rings. The number of carbonyl (C=O) groups excluding carboxylic acids is 1. The van der Waals surface area contributed by atoms with Crippen molar-refractivity contribution in [3.63, 3.8) is 0 Å². The van der Waals surface area contributed by atoms with Crippen LogP contribution in [0.2, 0.25) is 0 Å². The number of nitrogens with zero attached hydrogens (tertiary/aromatic N) is 1. The van der Waals surface area contributed by atoms with Gasteiger partial charge in [-0.3, -0.25) is 0 Å². The fourth-order valence-corrected chi connectivity index (χ4v) is 1.66. The van der Waals surface area contributed by atoms with Crippen LogP contribution in [-0.2, 0) is 4.74 Å². The quantitative estimate of drug-likeness (QED) is 0.570. The Labute approximate surface area is 109 Å². The third-order valence-electron chi connectivity index (χ3n) is 2.67. The van der Waals surface area contributed by atoms with Gasteiger partial charge >= 0.3 is 6.09 Å². The average molecular weight is 251 g/mol. The Morgan fingerprint density at radius 3 is 2.44 bits per heavy atom. The van der Waals surface area contributed by atoms with Crippen LogP contribution < -0.4 is 10.1 Å². The van der Waals surface area contributed by atoms with Gasteiger partial charge in [0.1, 0.15) is 0 Å². The minimum Gasteiger partial charge on any atom is -0.446 e. The Morgan fingerprint density at radius 1 is 1.06 bits per heavy atom. The van der Waals surface area contributed by atoms with Gasteiger partial charge in [-0.2, -0.15) is 0 Å². The summed E-state index contributed by atoms with van der Waals surface area (Å²) in [4.78, 5) is 11.4. The SMILES string of the molecule is CCCCCCCCOC(=O)N[n+]1ccccc1. The van der Waals surface area contributed by atoms with Crippen LogP contribution >= 0.6 is 0 Å². The molecule has 1 aromatic heterocycles. The van der Waals surface area contributed by atoms with E-state index in [0.717, 1.165) is 12.8 Å². The maximum Gasteiger partial charge on any atom is 0.461 e. The van der Waals surface area contributed by atoms with E-state index in [4.69, 9.17) is 4.74 Å². The lowest BCUT2D eigenvalue weighted by molar-refractivity contribution is -0.642. The van der Waals surface area contributed by atoms with Crippen molar-refractivity contribution in [3.05, 3.63) is 30.6 Å². The number of pyridine rings is 1. The first-order valence-corrected chi connectivity index (χ1v) is 6.73. The Kier molecular flexibility index (Phi) is 7.60. The highest BCUT2D eigenvalue weighted by atomic mass is 16.6. The molecule has 0 aliphatic carbocycles. The monoisotopic (exact) mass is 251 g/mol. The molecule has 0 aromatic carbocycles. The molecule has 0 aliphatic rings. The molecule has 1 aromatic rings. The van der Waals surface area contributed by atoms with Crippen molar-refractivity contribution in [1.29, 1.82) is 0 Å². The Balaban J connectivity index is 2.00. The zero-order valence-electron chi connectivity index (χ0n) is 11.1. The van der Waals surface area contributed by atoms with Crippen molar-refractivity contribution in [2.45, 2.75) is 45.4 Å². The fourth-order valence-electron chi connectivity index (χ4n) is 1.66. The summed E-state index contributed by atoms with van der Waals surface area (Å²) in [5.74, 6) is 0. The highest BCUT2D eigenvalue weighted by Gasteiger charge is 2.06. The number of hydrogen-bond donors (Lipinski definition) is 1. The number of nitrogens with one attached hydrogen (secondary N) is 1. The van der Waals surface area contributed by atoms with Gasteiger partial charge in [0.2, 0.25) is 0 Å². The van der Waals surface area contributed by atoms with Gasteiger partial charge in [-0.25, -0.2) is 4.79 Å². The molecule has 0 atom stereocenters. The Hall–Kier alpha value is -1.58. The lowest BCUT2D eigenvalue weighted by Gasteiger charge is -2.03. The minimum absolute atomic E-state index is 0.403. The molecule has 1 N–H and O–H groups in total. The lowest BCUT2D eigenvalue weighted by atomic mass is 10.1. The third-order valence-corrected chi connectivity index (χ3v) is 2.67. The number of carbonyl (C=O) groups is 1. The molecular formula is C14H23N2O2+. The predicted octanol–water partition coefficient (Wildman–Crippen LogP) is 3.01. The van der Waals surface area contributed by atoms with E-state index in [1.165, 1.54) is 25.7 Å². The second-order valence-corrected chi connectivity index (χ2v) is 4.30. The molecule has 100 valence electrons. The second-order valence-electron chi connectivity index (χ2n) is 4.30. The number of unbranched alkanes of at least 4 members (excludes halogenated alkanes) is 5. The first kappa shape index (κ1) is 14.5. The largest absolute Gasteiger partial charge is 0.461 e. The van der Waals surface area contributed by atoms with Crippen LogP contribution in [0.5, 0.6) is 0 Å². The summed E-state index contributed by atoms with van der Waals surface area (Å²) in [6.45, 7) is 2.69. The highest BCUT2D eigenvalue weighted by molar-refractivity contribution is 5.73. The molecule has 0 unspecified atom stereocenters. The molecule has 0 aliphatic heterocycles. The molecule has 1 heterocycles. The van der Waals surface area contributed by atoms with Crippen LogP contribution in [0.3, 0.4) is 0 Å². The molecule has 1 amide bonds. The van der Waals surface area contributed by atoms with Crippen molar-refractivity contribution < 1.29 is 14.2 Å². The molecule has 0 bridgehead atoms. The summed E-state index contributed by atoms with van der Waals surface area (Å²) in [6.07, 6.45) is 10.2. The number of ether oxygens (including phenoxy) is 1. The third kappa shape index (κ3) is 6.89. The zero-order valence-corrected chi connectivity index (χ0v) is 11.1. The van der Waals surface area contributed by atoms with E-state index >= 15 is 0 Å². The first-order chi connectivity index (χ1) is 8.83. The van der Waals surface area contributed by atoms with E-state index < -0.39 is 6.09 Å². The van der Waals surface area contributed by atoms with Crippen molar-refractivity contribution in [3.8, 4) is 0 Å². The highest BCUT2D eigenvalue weighted by Crippen LogP contribution is 2.04. The summed E-state index contributed by atoms with van der Waals surface area (Å²) in [5.41, 5.74) is 2.61. The van der Waals surface area contributed by atoms with Crippen LogP contribution in [-0.4, -0.2) is 12.7 Å². The van der Waals surface area contributed by atoms with E-state index in [-0.39, 0.29) is 0 Å². The fraction of sp³-hybridized carbons (Fsp3) is 0.571. The summed E-state index contributed by atoms with van der Waals surface area (Å²) >= 11 is 0. The molecule has 0 saturated heterocycles. The topological polar surface area (TPSA) is 42.2 Å². The standard InChI is InChI=1S/C14H22N2O2/c1-2-3-4-5-6-10-13-18-14(17)15-16-11-8-7-9-12-16/h7-9,11-12H,2-6,10,13H2,1H3/p+1. The van der Waals surface area contributed by atoms with E-state index in [9.17, 15) is 4.79 Å². The molecule has 0 saturated carbocycles. The van der Waals surface area contributed by atoms with E-state index in [1.54, 1.807) is 17.1 Å². The van der Waals surface area contributed by atoms with Crippen LogP contribution in [0.1, 0.15) is 45.4 Å². The molecule has 4 heteroatoms. The number of rotatable bonds is 8. The summed E-state index contributed by atoms with van der Waals surface area (Å²) in [5, 5.41) is 0. The maximum atomic E-state index is 11.4. The molecule has 1 rings (SSSR count). The van der Waals surface area contributed by atoms with Crippen LogP contribution in [0, 0.1) is 0 Å².